The maximum absolute atomic E-state index is 6.01. The maximum atomic E-state index is 6.01. The summed E-state index contributed by atoms with van der Waals surface area (Å²) in [5, 5.41) is 0.997. The number of nitrogen functional groups attached to an aromatic ring is 1. The van der Waals surface area contributed by atoms with Crippen LogP contribution in [0.4, 0.5) is 5.82 Å². The molecule has 1 aliphatic carbocycles. The van der Waals surface area contributed by atoms with E-state index in [2.05, 4.69) is 51.9 Å². The van der Waals surface area contributed by atoms with Gasteiger partial charge in [0.25, 0.3) is 0 Å². The summed E-state index contributed by atoms with van der Waals surface area (Å²) in [4.78, 5) is 8.58. The number of hydrogen-bond donors (Lipinski definition) is 1. The molecule has 4 nitrogen and oxygen atoms in total. The lowest BCUT2D eigenvalue weighted by atomic mass is 9.88. The highest BCUT2D eigenvalue weighted by molar-refractivity contribution is 5.89. The molecule has 0 bridgehead atoms. The maximum Gasteiger partial charge on any atom is 0.146 e. The van der Waals surface area contributed by atoms with Gasteiger partial charge in [-0.2, -0.15) is 0 Å². The van der Waals surface area contributed by atoms with Crippen molar-refractivity contribution < 1.29 is 0 Å². The molecule has 0 fully saturated rings. The van der Waals surface area contributed by atoms with Crippen LogP contribution in [-0.4, -0.2) is 14.5 Å². The minimum absolute atomic E-state index is 0.449. The number of nitrogens with two attached hydrogens (primary N) is 1. The van der Waals surface area contributed by atoms with E-state index >= 15 is 0 Å². The van der Waals surface area contributed by atoms with Crippen LogP contribution in [0.3, 0.4) is 0 Å². The minimum atomic E-state index is 0.449. The highest BCUT2D eigenvalue weighted by atomic mass is 15.1. The summed E-state index contributed by atoms with van der Waals surface area (Å²) >= 11 is 0. The minimum Gasteiger partial charge on any atom is -0.383 e. The molecule has 1 aromatic carbocycles. The van der Waals surface area contributed by atoms with Crippen LogP contribution in [0.1, 0.15) is 29.2 Å². The van der Waals surface area contributed by atoms with E-state index in [1.165, 1.54) is 11.1 Å². The zero-order chi connectivity index (χ0) is 14.4. The van der Waals surface area contributed by atoms with Gasteiger partial charge < -0.3 is 10.3 Å². The van der Waals surface area contributed by atoms with Gasteiger partial charge in [0.05, 0.1) is 5.39 Å². The van der Waals surface area contributed by atoms with Crippen LogP contribution < -0.4 is 5.73 Å². The highest BCUT2D eigenvalue weighted by Crippen LogP contribution is 2.33. The molecule has 0 amide bonds. The second-order valence-corrected chi connectivity index (χ2v) is 5.84. The summed E-state index contributed by atoms with van der Waals surface area (Å²) in [5.41, 5.74) is 11.1. The van der Waals surface area contributed by atoms with Crippen molar-refractivity contribution in [1.29, 1.82) is 0 Å². The number of nitrogens with zero attached hydrogens (tertiary/aromatic N) is 3. The SMILES string of the molecule is Cc1cn(C2CCc3ccccc3C2)c2ncnc(N)c12. The van der Waals surface area contributed by atoms with Gasteiger partial charge in [0.15, 0.2) is 0 Å². The van der Waals surface area contributed by atoms with Crippen molar-refractivity contribution in [1.82, 2.24) is 14.5 Å². The van der Waals surface area contributed by atoms with E-state index in [0.717, 1.165) is 35.9 Å². The van der Waals surface area contributed by atoms with Gasteiger partial charge in [-0.15, -0.1) is 0 Å². The summed E-state index contributed by atoms with van der Waals surface area (Å²) in [6.07, 6.45) is 7.06. The third-order valence-corrected chi connectivity index (χ3v) is 4.54. The lowest BCUT2D eigenvalue weighted by Gasteiger charge is -2.26. The first-order chi connectivity index (χ1) is 10.2. The molecule has 1 atom stereocenters. The Kier molecular flexibility index (Phi) is 2.70. The Morgan fingerprint density at radius 3 is 2.86 bits per heavy atom. The Labute approximate surface area is 123 Å². The summed E-state index contributed by atoms with van der Waals surface area (Å²) in [7, 11) is 0. The molecule has 2 aromatic heterocycles. The molecular formula is C17H18N4. The fourth-order valence-electron chi connectivity index (χ4n) is 3.49. The Morgan fingerprint density at radius 1 is 1.19 bits per heavy atom. The number of hydrogen-bond acceptors (Lipinski definition) is 3. The van der Waals surface area contributed by atoms with Crippen LogP contribution in [0, 0.1) is 6.92 Å². The number of rotatable bonds is 1. The van der Waals surface area contributed by atoms with Gasteiger partial charge in [-0.1, -0.05) is 24.3 Å². The van der Waals surface area contributed by atoms with Gasteiger partial charge in [0, 0.05) is 12.2 Å². The summed E-state index contributed by atoms with van der Waals surface area (Å²) < 4.78 is 2.29. The average Bonchev–Trinajstić information content (AvgIpc) is 2.85. The predicted octanol–water partition coefficient (Wildman–Crippen LogP) is 3.05. The van der Waals surface area contributed by atoms with Crippen LogP contribution in [0.15, 0.2) is 36.8 Å². The normalized spacial score (nSPS) is 17.9. The van der Waals surface area contributed by atoms with Crippen molar-refractivity contribution in [2.24, 2.45) is 0 Å². The fourth-order valence-corrected chi connectivity index (χ4v) is 3.49. The molecule has 106 valence electrons. The second kappa shape index (κ2) is 4.58. The zero-order valence-electron chi connectivity index (χ0n) is 12.1. The summed E-state index contributed by atoms with van der Waals surface area (Å²) in [5.74, 6) is 0.576. The number of fused-ring (bicyclic) bond motifs is 2. The molecule has 2 N–H and O–H groups in total. The standard InChI is InChI=1S/C17H18N4/c1-11-9-21(17-15(11)16(18)19-10-20-17)14-7-6-12-4-2-3-5-13(12)8-14/h2-5,9-10,14H,6-8H2,1H3,(H2,18,19,20). The van der Waals surface area contributed by atoms with Gasteiger partial charge in [0.1, 0.15) is 17.8 Å². The Bertz CT molecular complexity index is 819. The number of aromatic nitrogens is 3. The van der Waals surface area contributed by atoms with Gasteiger partial charge in [-0.25, -0.2) is 9.97 Å². The molecule has 0 radical (unpaired) electrons. The first-order valence-electron chi connectivity index (χ1n) is 7.38. The molecule has 0 saturated carbocycles. The van der Waals surface area contributed by atoms with Crippen LogP contribution >= 0.6 is 0 Å². The largest absolute Gasteiger partial charge is 0.383 e. The van der Waals surface area contributed by atoms with E-state index < -0.39 is 0 Å². The molecule has 1 aliphatic rings. The number of benzene rings is 1. The van der Waals surface area contributed by atoms with Crippen LogP contribution in [0.2, 0.25) is 0 Å². The first kappa shape index (κ1) is 12.4. The lowest BCUT2D eigenvalue weighted by Crippen LogP contribution is -2.18. The van der Waals surface area contributed by atoms with Crippen molar-refractivity contribution in [3.63, 3.8) is 0 Å². The number of aryl methyl sites for hydroxylation is 2. The average molecular weight is 278 g/mol. The topological polar surface area (TPSA) is 56.7 Å². The Balaban J connectivity index is 1.80. The zero-order valence-corrected chi connectivity index (χ0v) is 12.1. The second-order valence-electron chi connectivity index (χ2n) is 5.84. The van der Waals surface area contributed by atoms with Crippen molar-refractivity contribution in [3.05, 3.63) is 53.5 Å². The fraction of sp³-hybridized carbons (Fsp3) is 0.294. The van der Waals surface area contributed by atoms with Crippen LogP contribution in [-0.2, 0) is 12.8 Å². The molecule has 4 rings (SSSR count). The van der Waals surface area contributed by atoms with E-state index in [-0.39, 0.29) is 0 Å². The van der Waals surface area contributed by atoms with Crippen LogP contribution in [0.25, 0.3) is 11.0 Å². The van der Waals surface area contributed by atoms with Crippen molar-refractivity contribution in [2.75, 3.05) is 5.73 Å². The molecule has 4 heteroatoms. The molecule has 0 aliphatic heterocycles. The first-order valence-corrected chi connectivity index (χ1v) is 7.38. The molecule has 0 saturated heterocycles. The molecule has 21 heavy (non-hydrogen) atoms. The third kappa shape index (κ3) is 1.90. The van der Waals surface area contributed by atoms with Crippen molar-refractivity contribution >= 4 is 16.9 Å². The van der Waals surface area contributed by atoms with Gasteiger partial charge in [-0.05, 0) is 42.9 Å². The smallest absolute Gasteiger partial charge is 0.146 e. The van der Waals surface area contributed by atoms with Crippen LogP contribution in [0.5, 0.6) is 0 Å². The molecular weight excluding hydrogens is 260 g/mol. The van der Waals surface area contributed by atoms with Gasteiger partial charge in [-0.3, -0.25) is 0 Å². The predicted molar refractivity (Wildman–Crippen MR) is 84.2 cm³/mol. The Hall–Kier alpha value is -2.36. The van der Waals surface area contributed by atoms with Crippen molar-refractivity contribution in [2.45, 2.75) is 32.2 Å². The lowest BCUT2D eigenvalue weighted by molar-refractivity contribution is 0.452. The van der Waals surface area contributed by atoms with E-state index in [9.17, 15) is 0 Å². The third-order valence-electron chi connectivity index (χ3n) is 4.54. The monoisotopic (exact) mass is 278 g/mol. The molecule has 2 heterocycles. The van der Waals surface area contributed by atoms with Gasteiger partial charge in [0.2, 0.25) is 0 Å². The summed E-state index contributed by atoms with van der Waals surface area (Å²) in [6, 6.07) is 9.18. The highest BCUT2D eigenvalue weighted by Gasteiger charge is 2.22. The van der Waals surface area contributed by atoms with Gasteiger partial charge >= 0.3 is 0 Å². The number of anilines is 1. The van der Waals surface area contributed by atoms with E-state index in [1.54, 1.807) is 6.33 Å². The summed E-state index contributed by atoms with van der Waals surface area (Å²) in [6.45, 7) is 2.08. The molecule has 1 unspecified atom stereocenters. The molecule has 3 aromatic rings. The van der Waals surface area contributed by atoms with E-state index in [4.69, 9.17) is 5.73 Å². The quantitative estimate of drug-likeness (QED) is 0.744. The van der Waals surface area contributed by atoms with Crippen molar-refractivity contribution in [3.8, 4) is 0 Å². The Morgan fingerprint density at radius 2 is 2.00 bits per heavy atom. The van der Waals surface area contributed by atoms with E-state index in [0.29, 0.717) is 11.9 Å². The molecule has 0 spiro atoms. The van der Waals surface area contributed by atoms with E-state index in [1.807, 2.05) is 0 Å².